The Morgan fingerprint density at radius 3 is 2.71 bits per heavy atom. The van der Waals surface area contributed by atoms with Crippen molar-refractivity contribution in [3.05, 3.63) is 54.3 Å². The molecule has 0 spiro atoms. The number of carboxylic acid groups (broad SMARTS) is 1. The van der Waals surface area contributed by atoms with Gasteiger partial charge in [0.25, 0.3) is 0 Å². The molecule has 0 aliphatic rings. The molecule has 1 atom stereocenters. The van der Waals surface area contributed by atoms with Gasteiger partial charge in [0.15, 0.2) is 5.76 Å². The second kappa shape index (κ2) is 5.58. The largest absolute Gasteiger partial charge is 0.481 e. The Bertz CT molecular complexity index is 722. The number of furan rings is 1. The summed E-state index contributed by atoms with van der Waals surface area (Å²) in [6, 6.07) is 12.4. The molecule has 0 saturated heterocycles. The van der Waals surface area contributed by atoms with Crippen LogP contribution < -0.4 is 0 Å². The molecule has 0 amide bonds. The van der Waals surface area contributed by atoms with Crippen LogP contribution in [0.1, 0.15) is 11.5 Å². The highest BCUT2D eigenvalue weighted by atomic mass is 16.4. The zero-order valence-corrected chi connectivity index (χ0v) is 11.0. The van der Waals surface area contributed by atoms with Crippen molar-refractivity contribution in [3.8, 4) is 11.6 Å². The summed E-state index contributed by atoms with van der Waals surface area (Å²) in [5.41, 5.74) is 0.696. The number of tetrazole rings is 1. The first-order valence-corrected chi connectivity index (χ1v) is 6.33. The fourth-order valence-corrected chi connectivity index (χ4v) is 2.00. The standard InChI is InChI=1S/C14H12N4O3/c19-14(20)11(10-5-2-1-3-6-10)9-18-16-13(15-17-18)12-7-4-8-21-12/h1-8,11H,9H2,(H,19,20). The van der Waals surface area contributed by atoms with Crippen LogP contribution in [0.2, 0.25) is 0 Å². The maximum Gasteiger partial charge on any atom is 0.312 e. The normalized spacial score (nSPS) is 12.2. The SMILES string of the molecule is O=C(O)C(Cn1nnc(-c2ccco2)n1)c1ccccc1. The number of benzene rings is 1. The van der Waals surface area contributed by atoms with Crippen LogP contribution in [0.5, 0.6) is 0 Å². The number of aromatic nitrogens is 4. The van der Waals surface area contributed by atoms with E-state index in [0.717, 1.165) is 0 Å². The lowest BCUT2D eigenvalue weighted by Crippen LogP contribution is -2.19. The zero-order valence-electron chi connectivity index (χ0n) is 11.0. The van der Waals surface area contributed by atoms with E-state index < -0.39 is 11.9 Å². The Kier molecular flexibility index (Phi) is 3.46. The van der Waals surface area contributed by atoms with Gasteiger partial charge in [-0.15, -0.1) is 10.2 Å². The van der Waals surface area contributed by atoms with Crippen LogP contribution >= 0.6 is 0 Å². The summed E-state index contributed by atoms with van der Waals surface area (Å²) in [6.45, 7) is 0.104. The summed E-state index contributed by atoms with van der Waals surface area (Å²) in [5, 5.41) is 21.2. The molecule has 1 N–H and O–H groups in total. The second-order valence-electron chi connectivity index (χ2n) is 4.45. The van der Waals surface area contributed by atoms with Crippen molar-refractivity contribution in [2.75, 3.05) is 0 Å². The Morgan fingerprint density at radius 1 is 1.24 bits per heavy atom. The maximum absolute atomic E-state index is 11.4. The molecule has 21 heavy (non-hydrogen) atoms. The molecule has 7 heteroatoms. The summed E-state index contributed by atoms with van der Waals surface area (Å²) in [4.78, 5) is 12.7. The van der Waals surface area contributed by atoms with Gasteiger partial charge in [-0.25, -0.2) is 0 Å². The van der Waals surface area contributed by atoms with Gasteiger partial charge < -0.3 is 9.52 Å². The van der Waals surface area contributed by atoms with Gasteiger partial charge in [-0.05, 0) is 22.9 Å². The average Bonchev–Trinajstić information content (AvgIpc) is 3.16. The third-order valence-corrected chi connectivity index (χ3v) is 3.04. The zero-order chi connectivity index (χ0) is 14.7. The van der Waals surface area contributed by atoms with E-state index in [1.54, 1.807) is 36.4 Å². The fourth-order valence-electron chi connectivity index (χ4n) is 2.00. The minimum atomic E-state index is -0.932. The summed E-state index contributed by atoms with van der Waals surface area (Å²) < 4.78 is 5.18. The number of carboxylic acids is 1. The number of hydrogen-bond acceptors (Lipinski definition) is 5. The highest BCUT2D eigenvalue weighted by Crippen LogP contribution is 2.18. The average molecular weight is 284 g/mol. The van der Waals surface area contributed by atoms with E-state index in [0.29, 0.717) is 17.1 Å². The van der Waals surface area contributed by atoms with Crippen LogP contribution in [0.3, 0.4) is 0 Å². The van der Waals surface area contributed by atoms with Crippen LogP contribution in [0, 0.1) is 0 Å². The van der Waals surface area contributed by atoms with Crippen LogP contribution in [-0.4, -0.2) is 31.3 Å². The Morgan fingerprint density at radius 2 is 2.05 bits per heavy atom. The lowest BCUT2D eigenvalue weighted by atomic mass is 10.00. The minimum Gasteiger partial charge on any atom is -0.481 e. The number of carbonyl (C=O) groups is 1. The van der Waals surface area contributed by atoms with Gasteiger partial charge in [0.05, 0.1) is 12.8 Å². The minimum absolute atomic E-state index is 0.104. The molecule has 1 unspecified atom stereocenters. The van der Waals surface area contributed by atoms with Gasteiger partial charge in [0, 0.05) is 0 Å². The van der Waals surface area contributed by atoms with Gasteiger partial charge in [-0.1, -0.05) is 30.3 Å². The van der Waals surface area contributed by atoms with Crippen molar-refractivity contribution >= 4 is 5.97 Å². The molecule has 106 valence electrons. The van der Waals surface area contributed by atoms with Gasteiger partial charge in [-0.2, -0.15) is 4.80 Å². The molecule has 0 saturated carbocycles. The lowest BCUT2D eigenvalue weighted by molar-refractivity contribution is -0.139. The third kappa shape index (κ3) is 2.81. The predicted octanol–water partition coefficient (Wildman–Crippen LogP) is 1.80. The Balaban J connectivity index is 1.82. The quantitative estimate of drug-likeness (QED) is 0.767. The van der Waals surface area contributed by atoms with Crippen LogP contribution in [0.25, 0.3) is 11.6 Å². The molecule has 0 aliphatic heterocycles. The van der Waals surface area contributed by atoms with E-state index >= 15 is 0 Å². The molecular weight excluding hydrogens is 272 g/mol. The van der Waals surface area contributed by atoms with Gasteiger partial charge in [0.1, 0.15) is 5.92 Å². The van der Waals surface area contributed by atoms with Crippen molar-refractivity contribution in [3.63, 3.8) is 0 Å². The molecular formula is C14H12N4O3. The number of nitrogens with zero attached hydrogens (tertiary/aromatic N) is 4. The highest BCUT2D eigenvalue weighted by molar-refractivity contribution is 5.75. The molecule has 2 aromatic heterocycles. The lowest BCUT2D eigenvalue weighted by Gasteiger charge is -2.11. The molecule has 3 rings (SSSR count). The van der Waals surface area contributed by atoms with Crippen LogP contribution in [0.15, 0.2) is 53.1 Å². The molecule has 0 aliphatic carbocycles. The second-order valence-corrected chi connectivity index (χ2v) is 4.45. The summed E-state index contributed by atoms with van der Waals surface area (Å²) in [5.74, 6) is -0.840. The van der Waals surface area contributed by atoms with Crippen molar-refractivity contribution in [1.29, 1.82) is 0 Å². The van der Waals surface area contributed by atoms with Gasteiger partial charge in [0.2, 0.25) is 5.82 Å². The molecule has 2 heterocycles. The fraction of sp³-hybridized carbons (Fsp3) is 0.143. The van der Waals surface area contributed by atoms with E-state index in [-0.39, 0.29) is 6.54 Å². The first-order chi connectivity index (χ1) is 10.2. The van der Waals surface area contributed by atoms with Crippen molar-refractivity contribution in [2.24, 2.45) is 0 Å². The molecule has 7 nitrogen and oxygen atoms in total. The molecule has 3 aromatic rings. The third-order valence-electron chi connectivity index (χ3n) is 3.04. The molecule has 0 bridgehead atoms. The van der Waals surface area contributed by atoms with E-state index in [2.05, 4.69) is 15.4 Å². The number of rotatable bonds is 5. The van der Waals surface area contributed by atoms with E-state index in [9.17, 15) is 9.90 Å². The smallest absolute Gasteiger partial charge is 0.312 e. The number of hydrogen-bond donors (Lipinski definition) is 1. The van der Waals surface area contributed by atoms with Crippen LogP contribution in [0.4, 0.5) is 0 Å². The molecule has 0 radical (unpaired) electrons. The Labute approximate surface area is 119 Å². The monoisotopic (exact) mass is 284 g/mol. The molecule has 1 aromatic carbocycles. The Hall–Kier alpha value is -2.96. The maximum atomic E-state index is 11.4. The van der Waals surface area contributed by atoms with Gasteiger partial charge >= 0.3 is 5.97 Å². The first-order valence-electron chi connectivity index (χ1n) is 6.33. The van der Waals surface area contributed by atoms with Crippen molar-refractivity contribution in [2.45, 2.75) is 12.5 Å². The van der Waals surface area contributed by atoms with Crippen molar-refractivity contribution in [1.82, 2.24) is 20.2 Å². The predicted molar refractivity (Wildman–Crippen MR) is 72.3 cm³/mol. The van der Waals surface area contributed by atoms with E-state index in [1.807, 2.05) is 6.07 Å². The van der Waals surface area contributed by atoms with Crippen LogP contribution in [-0.2, 0) is 11.3 Å². The van der Waals surface area contributed by atoms with E-state index in [1.165, 1.54) is 11.1 Å². The van der Waals surface area contributed by atoms with E-state index in [4.69, 9.17) is 4.42 Å². The van der Waals surface area contributed by atoms with Gasteiger partial charge in [-0.3, -0.25) is 4.79 Å². The summed E-state index contributed by atoms with van der Waals surface area (Å²) in [7, 11) is 0. The first kappa shape index (κ1) is 13.0. The summed E-state index contributed by atoms with van der Waals surface area (Å²) in [6.07, 6.45) is 1.51. The summed E-state index contributed by atoms with van der Waals surface area (Å²) >= 11 is 0. The highest BCUT2D eigenvalue weighted by Gasteiger charge is 2.22. The van der Waals surface area contributed by atoms with Crippen molar-refractivity contribution < 1.29 is 14.3 Å². The number of aliphatic carboxylic acids is 1. The molecule has 0 fully saturated rings. The topological polar surface area (TPSA) is 94.0 Å².